The zero-order chi connectivity index (χ0) is 19.5. The fourth-order valence-corrected chi connectivity index (χ4v) is 3.31. The van der Waals surface area contributed by atoms with Gasteiger partial charge in [-0.1, -0.05) is 11.6 Å². The Balaban J connectivity index is 1.28. The van der Waals surface area contributed by atoms with Crippen LogP contribution in [0.4, 0.5) is 16.3 Å². The van der Waals surface area contributed by atoms with Gasteiger partial charge in [-0.3, -0.25) is 4.79 Å². The topological polar surface area (TPSA) is 92.8 Å². The number of carbonyl (C=O) groups is 2. The molecule has 3 heterocycles. The largest absolute Gasteiger partial charge is 0.454 e. The van der Waals surface area contributed by atoms with Crippen LogP contribution in [0.1, 0.15) is 12.8 Å². The summed E-state index contributed by atoms with van der Waals surface area (Å²) in [6, 6.07) is 8.41. The van der Waals surface area contributed by atoms with Crippen molar-refractivity contribution < 1.29 is 19.1 Å². The average molecular weight is 403 g/mol. The molecule has 28 heavy (non-hydrogen) atoms. The van der Waals surface area contributed by atoms with Crippen LogP contribution in [0.5, 0.6) is 11.5 Å². The summed E-state index contributed by atoms with van der Waals surface area (Å²) in [4.78, 5) is 30.7. The zero-order valence-corrected chi connectivity index (χ0v) is 15.7. The van der Waals surface area contributed by atoms with Gasteiger partial charge in [0.25, 0.3) is 0 Å². The van der Waals surface area contributed by atoms with Gasteiger partial charge in [-0.2, -0.15) is 0 Å². The maximum absolute atomic E-state index is 12.5. The summed E-state index contributed by atoms with van der Waals surface area (Å²) < 4.78 is 10.6. The molecule has 1 saturated heterocycles. The Morgan fingerprint density at radius 1 is 1.07 bits per heavy atom. The van der Waals surface area contributed by atoms with E-state index in [9.17, 15) is 9.59 Å². The second kappa shape index (κ2) is 7.93. The van der Waals surface area contributed by atoms with Crippen LogP contribution >= 0.6 is 11.6 Å². The second-order valence-electron chi connectivity index (χ2n) is 6.61. The first kappa shape index (κ1) is 18.4. The molecular weight excluding hydrogens is 384 g/mol. The summed E-state index contributed by atoms with van der Waals surface area (Å²) in [6.07, 6.45) is 2.67. The minimum atomic E-state index is -0.197. The number of urea groups is 1. The van der Waals surface area contributed by atoms with Gasteiger partial charge in [-0.05, 0) is 37.1 Å². The number of rotatable bonds is 3. The van der Waals surface area contributed by atoms with Crippen molar-refractivity contribution in [1.82, 2.24) is 9.88 Å². The summed E-state index contributed by atoms with van der Waals surface area (Å²) >= 11 is 5.80. The van der Waals surface area contributed by atoms with E-state index in [1.54, 1.807) is 35.2 Å². The fraction of sp³-hybridized carbons (Fsp3) is 0.316. The molecule has 0 atom stereocenters. The molecule has 0 unspecified atom stereocenters. The van der Waals surface area contributed by atoms with Crippen molar-refractivity contribution in [2.24, 2.45) is 5.92 Å². The number of anilines is 2. The highest BCUT2D eigenvalue weighted by molar-refractivity contribution is 6.30. The average Bonchev–Trinajstić information content (AvgIpc) is 3.17. The van der Waals surface area contributed by atoms with E-state index in [4.69, 9.17) is 21.1 Å². The van der Waals surface area contributed by atoms with Gasteiger partial charge in [0, 0.05) is 37.0 Å². The van der Waals surface area contributed by atoms with E-state index in [0.717, 1.165) is 0 Å². The van der Waals surface area contributed by atoms with Crippen molar-refractivity contribution in [1.29, 1.82) is 0 Å². The first-order valence-electron chi connectivity index (χ1n) is 8.96. The fourth-order valence-electron chi connectivity index (χ4n) is 3.20. The third-order valence-electron chi connectivity index (χ3n) is 4.76. The number of aromatic nitrogens is 1. The Morgan fingerprint density at radius 2 is 1.86 bits per heavy atom. The molecule has 9 heteroatoms. The third kappa shape index (κ3) is 4.12. The Hall–Kier alpha value is -3.00. The van der Waals surface area contributed by atoms with Crippen LogP contribution < -0.4 is 20.1 Å². The normalized spacial score (nSPS) is 16.0. The van der Waals surface area contributed by atoms with Crippen molar-refractivity contribution in [3.63, 3.8) is 0 Å². The van der Waals surface area contributed by atoms with Crippen LogP contribution in [0.25, 0.3) is 0 Å². The van der Waals surface area contributed by atoms with E-state index in [-0.39, 0.29) is 24.6 Å². The molecule has 0 aliphatic carbocycles. The molecule has 4 rings (SSSR count). The highest BCUT2D eigenvalue weighted by Gasteiger charge is 2.28. The van der Waals surface area contributed by atoms with Gasteiger partial charge in [0.15, 0.2) is 11.5 Å². The predicted octanol–water partition coefficient (Wildman–Crippen LogP) is 3.35. The quantitative estimate of drug-likeness (QED) is 0.821. The van der Waals surface area contributed by atoms with Crippen LogP contribution in [-0.4, -0.2) is 41.7 Å². The van der Waals surface area contributed by atoms with E-state index in [1.165, 1.54) is 6.20 Å². The van der Waals surface area contributed by atoms with Crippen molar-refractivity contribution in [2.75, 3.05) is 30.5 Å². The molecule has 2 aromatic rings. The first-order chi connectivity index (χ1) is 13.6. The molecule has 2 aliphatic rings. The van der Waals surface area contributed by atoms with Crippen LogP contribution in [0.15, 0.2) is 36.5 Å². The molecule has 1 aromatic heterocycles. The summed E-state index contributed by atoms with van der Waals surface area (Å²) in [5, 5.41) is 6.17. The monoisotopic (exact) mass is 402 g/mol. The Kier molecular flexibility index (Phi) is 5.21. The molecule has 1 aromatic carbocycles. The molecule has 3 amide bonds. The number of likely N-dealkylation sites (tertiary alicyclic amines) is 1. The summed E-state index contributed by atoms with van der Waals surface area (Å²) in [6.45, 7) is 1.19. The van der Waals surface area contributed by atoms with Crippen LogP contribution in [0, 0.1) is 5.92 Å². The number of nitrogens with one attached hydrogen (secondary N) is 2. The number of amides is 3. The van der Waals surface area contributed by atoms with E-state index >= 15 is 0 Å². The molecule has 0 spiro atoms. The van der Waals surface area contributed by atoms with E-state index in [0.29, 0.717) is 54.0 Å². The van der Waals surface area contributed by atoms with Gasteiger partial charge in [-0.15, -0.1) is 0 Å². The maximum atomic E-state index is 12.5. The third-order valence-corrected chi connectivity index (χ3v) is 4.98. The lowest BCUT2D eigenvalue weighted by Gasteiger charge is -2.31. The summed E-state index contributed by atoms with van der Waals surface area (Å²) in [5.41, 5.74) is 0.642. The smallest absolute Gasteiger partial charge is 0.321 e. The Bertz CT molecular complexity index is 882. The number of piperidine rings is 1. The minimum absolute atomic E-state index is 0.0920. The Morgan fingerprint density at radius 3 is 2.61 bits per heavy atom. The van der Waals surface area contributed by atoms with Gasteiger partial charge in [0.05, 0.1) is 5.02 Å². The number of ether oxygens (including phenoxy) is 2. The maximum Gasteiger partial charge on any atom is 0.321 e. The lowest BCUT2D eigenvalue weighted by Crippen LogP contribution is -2.43. The van der Waals surface area contributed by atoms with Gasteiger partial charge in [-0.25, -0.2) is 9.78 Å². The standard InChI is InChI=1S/C19H19ClN4O4/c20-13-1-4-17(21-10-13)23-18(25)12-5-7-24(8-6-12)19(26)22-14-2-3-15-16(9-14)28-11-27-15/h1-4,9-10,12H,5-8,11H2,(H,22,26)(H,21,23,25). The van der Waals surface area contributed by atoms with Gasteiger partial charge in [0.1, 0.15) is 5.82 Å². The number of nitrogens with zero attached hydrogens (tertiary/aromatic N) is 2. The van der Waals surface area contributed by atoms with Crippen LogP contribution in [-0.2, 0) is 4.79 Å². The van der Waals surface area contributed by atoms with Crippen molar-refractivity contribution in [3.8, 4) is 11.5 Å². The minimum Gasteiger partial charge on any atom is -0.454 e. The number of benzene rings is 1. The summed E-state index contributed by atoms with van der Waals surface area (Å²) in [7, 11) is 0. The van der Waals surface area contributed by atoms with Crippen LogP contribution in [0.2, 0.25) is 5.02 Å². The lowest BCUT2D eigenvalue weighted by molar-refractivity contribution is -0.121. The molecule has 0 saturated carbocycles. The molecule has 0 radical (unpaired) electrons. The van der Waals surface area contributed by atoms with Crippen molar-refractivity contribution in [3.05, 3.63) is 41.6 Å². The lowest BCUT2D eigenvalue weighted by atomic mass is 9.96. The molecule has 2 aliphatic heterocycles. The zero-order valence-electron chi connectivity index (χ0n) is 15.0. The first-order valence-corrected chi connectivity index (χ1v) is 9.34. The van der Waals surface area contributed by atoms with Crippen LogP contribution in [0.3, 0.4) is 0 Å². The van der Waals surface area contributed by atoms with E-state index in [2.05, 4.69) is 15.6 Å². The van der Waals surface area contributed by atoms with E-state index in [1.807, 2.05) is 0 Å². The molecule has 1 fully saturated rings. The summed E-state index contributed by atoms with van der Waals surface area (Å²) in [5.74, 6) is 1.50. The second-order valence-corrected chi connectivity index (χ2v) is 7.05. The number of hydrogen-bond acceptors (Lipinski definition) is 5. The van der Waals surface area contributed by atoms with E-state index < -0.39 is 0 Å². The highest BCUT2D eigenvalue weighted by Crippen LogP contribution is 2.34. The van der Waals surface area contributed by atoms with Gasteiger partial charge >= 0.3 is 6.03 Å². The van der Waals surface area contributed by atoms with Crippen molar-refractivity contribution >= 4 is 35.0 Å². The number of pyridine rings is 1. The molecule has 146 valence electrons. The highest BCUT2D eigenvalue weighted by atomic mass is 35.5. The number of fused-ring (bicyclic) bond motifs is 1. The van der Waals surface area contributed by atoms with Crippen molar-refractivity contribution in [2.45, 2.75) is 12.8 Å². The predicted molar refractivity (Wildman–Crippen MR) is 104 cm³/mol. The number of halogens is 1. The molecule has 2 N–H and O–H groups in total. The SMILES string of the molecule is O=C(Nc1ccc(Cl)cn1)C1CCN(C(=O)Nc2ccc3c(c2)OCO3)CC1. The molecule has 8 nitrogen and oxygen atoms in total. The Labute approximate surface area is 166 Å². The molecule has 0 bridgehead atoms. The van der Waals surface area contributed by atoms with Gasteiger partial charge < -0.3 is 25.0 Å². The molecular formula is C19H19ClN4O4. The number of hydrogen-bond donors (Lipinski definition) is 2. The van der Waals surface area contributed by atoms with Gasteiger partial charge in [0.2, 0.25) is 12.7 Å². The number of carbonyl (C=O) groups excluding carboxylic acids is 2.